The summed E-state index contributed by atoms with van der Waals surface area (Å²) in [5, 5.41) is 12.3. The van der Waals surface area contributed by atoms with Gasteiger partial charge in [0.2, 0.25) is 11.8 Å². The minimum Gasteiger partial charge on any atom is -0.463 e. The molecule has 1 aromatic rings. The Kier molecular flexibility index (Phi) is 11.5. The molecule has 1 aromatic carbocycles. The van der Waals surface area contributed by atoms with Crippen LogP contribution in [0.25, 0.3) is 0 Å². The van der Waals surface area contributed by atoms with Gasteiger partial charge in [0.1, 0.15) is 6.61 Å². The number of esters is 1. The van der Waals surface area contributed by atoms with Crippen LogP contribution in [0.15, 0.2) is 55.6 Å². The fraction of sp³-hybridized carbons (Fsp3) is 0.519. The third-order valence-electron chi connectivity index (χ3n) is 6.12. The van der Waals surface area contributed by atoms with E-state index in [9.17, 15) is 19.5 Å². The van der Waals surface area contributed by atoms with Gasteiger partial charge in [-0.3, -0.25) is 14.4 Å². The Labute approximate surface area is 202 Å². The van der Waals surface area contributed by atoms with Gasteiger partial charge in [-0.15, -0.1) is 13.2 Å². The number of aliphatic hydroxyl groups is 1. The van der Waals surface area contributed by atoms with E-state index in [0.717, 1.165) is 18.4 Å². The molecule has 1 heterocycles. The van der Waals surface area contributed by atoms with E-state index >= 15 is 0 Å². The monoisotopic (exact) mass is 470 g/mol. The Morgan fingerprint density at radius 2 is 1.85 bits per heavy atom. The van der Waals surface area contributed by atoms with E-state index in [0.29, 0.717) is 25.8 Å². The lowest BCUT2D eigenvalue weighted by molar-refractivity contribution is -0.149. The van der Waals surface area contributed by atoms with Crippen LogP contribution in [-0.4, -0.2) is 59.6 Å². The molecule has 0 unspecified atom stereocenters. The topological polar surface area (TPSA) is 95.9 Å². The first kappa shape index (κ1) is 27.3. The molecule has 4 atom stereocenters. The van der Waals surface area contributed by atoms with E-state index < -0.39 is 12.0 Å². The normalized spacial score (nSPS) is 17.9. The van der Waals surface area contributed by atoms with Crippen LogP contribution >= 0.6 is 0 Å². The molecular weight excluding hydrogens is 432 g/mol. The third-order valence-corrected chi connectivity index (χ3v) is 6.12. The second-order valence-electron chi connectivity index (χ2n) is 8.94. The number of nitrogens with one attached hydrogen (secondary N) is 1. The molecule has 7 heteroatoms. The first-order valence-corrected chi connectivity index (χ1v) is 12.0. The summed E-state index contributed by atoms with van der Waals surface area (Å²) in [5.41, 5.74) is 1.05. The Balaban J connectivity index is 1.86. The van der Waals surface area contributed by atoms with Crippen LogP contribution < -0.4 is 5.32 Å². The number of amides is 2. The molecule has 0 saturated carbocycles. The van der Waals surface area contributed by atoms with Gasteiger partial charge < -0.3 is 20.1 Å². The molecule has 7 nitrogen and oxygen atoms in total. The van der Waals surface area contributed by atoms with Gasteiger partial charge in [-0.25, -0.2) is 0 Å². The zero-order valence-electron chi connectivity index (χ0n) is 20.2. The largest absolute Gasteiger partial charge is 0.463 e. The molecule has 0 spiro atoms. The maximum absolute atomic E-state index is 12.8. The molecule has 0 aromatic heterocycles. The number of nitrogens with zero attached hydrogens (tertiary/aromatic N) is 1. The fourth-order valence-corrected chi connectivity index (χ4v) is 4.26. The maximum Gasteiger partial charge on any atom is 0.309 e. The summed E-state index contributed by atoms with van der Waals surface area (Å²) >= 11 is 0. The van der Waals surface area contributed by atoms with Gasteiger partial charge in [0, 0.05) is 13.0 Å². The van der Waals surface area contributed by atoms with Crippen molar-refractivity contribution in [2.75, 3.05) is 19.8 Å². The van der Waals surface area contributed by atoms with E-state index in [-0.39, 0.29) is 49.4 Å². The molecule has 0 bridgehead atoms. The van der Waals surface area contributed by atoms with Crippen LogP contribution in [0.5, 0.6) is 0 Å². The lowest BCUT2D eigenvalue weighted by Gasteiger charge is -2.26. The fourth-order valence-electron chi connectivity index (χ4n) is 4.26. The van der Waals surface area contributed by atoms with Crippen molar-refractivity contribution < 1.29 is 24.2 Å². The Morgan fingerprint density at radius 3 is 2.50 bits per heavy atom. The molecule has 0 radical (unpaired) electrons. The first-order valence-electron chi connectivity index (χ1n) is 12.0. The molecule has 1 fully saturated rings. The summed E-state index contributed by atoms with van der Waals surface area (Å²) < 4.78 is 5.50. The van der Waals surface area contributed by atoms with Crippen molar-refractivity contribution in [2.24, 2.45) is 11.8 Å². The molecule has 34 heavy (non-hydrogen) atoms. The van der Waals surface area contributed by atoms with E-state index in [4.69, 9.17) is 4.74 Å². The second-order valence-corrected chi connectivity index (χ2v) is 8.94. The number of aliphatic hydroxyl groups excluding tert-OH is 1. The van der Waals surface area contributed by atoms with Crippen molar-refractivity contribution in [2.45, 2.75) is 57.5 Å². The van der Waals surface area contributed by atoms with E-state index in [1.165, 1.54) is 0 Å². The smallest absolute Gasteiger partial charge is 0.309 e. The van der Waals surface area contributed by atoms with Crippen LogP contribution in [0.1, 0.15) is 44.6 Å². The molecule has 186 valence electrons. The molecule has 0 aliphatic carbocycles. The van der Waals surface area contributed by atoms with Crippen molar-refractivity contribution in [3.63, 3.8) is 0 Å². The number of likely N-dealkylation sites (tertiary alicyclic amines) is 1. The summed E-state index contributed by atoms with van der Waals surface area (Å²) in [6.07, 6.45) is 6.44. The van der Waals surface area contributed by atoms with Crippen LogP contribution in [0.4, 0.5) is 0 Å². The quantitative estimate of drug-likeness (QED) is 0.322. The third kappa shape index (κ3) is 8.45. The van der Waals surface area contributed by atoms with Gasteiger partial charge in [0.05, 0.1) is 30.5 Å². The van der Waals surface area contributed by atoms with Crippen molar-refractivity contribution >= 4 is 17.8 Å². The van der Waals surface area contributed by atoms with Crippen LogP contribution in [-0.2, 0) is 25.5 Å². The van der Waals surface area contributed by atoms with Crippen LogP contribution in [0, 0.1) is 11.8 Å². The Morgan fingerprint density at radius 1 is 1.18 bits per heavy atom. The standard InChI is InChI=1S/C27H38N2O5/c1-4-10-22(17-25(31)29-15-9-14-24(29)18-30)26(32)28-20(3)19-34-27(33)23(11-5-2)16-21-12-7-6-8-13-21/h4-8,12-13,20,22-24,30H,1-2,9-11,14-19H2,3H3,(H,28,32)/t20-,22-,23-,24-/m0/s1. The highest BCUT2D eigenvalue weighted by Gasteiger charge is 2.31. The molecule has 1 aliphatic rings. The summed E-state index contributed by atoms with van der Waals surface area (Å²) in [5.74, 6) is -1.63. The number of rotatable bonds is 14. The second kappa shape index (κ2) is 14.4. The van der Waals surface area contributed by atoms with E-state index in [1.54, 1.807) is 24.0 Å². The average Bonchev–Trinajstić information content (AvgIpc) is 3.32. The number of ether oxygens (including phenoxy) is 1. The molecular formula is C27H38N2O5. The predicted molar refractivity (Wildman–Crippen MR) is 132 cm³/mol. The first-order chi connectivity index (χ1) is 16.4. The van der Waals surface area contributed by atoms with Gasteiger partial charge in [0.15, 0.2) is 0 Å². The number of carbonyl (C=O) groups is 3. The number of benzene rings is 1. The highest BCUT2D eigenvalue weighted by molar-refractivity contribution is 5.86. The molecule has 1 saturated heterocycles. The molecule has 2 amide bonds. The predicted octanol–water partition coefficient (Wildman–Crippen LogP) is 3.04. The van der Waals surface area contributed by atoms with E-state index in [2.05, 4.69) is 18.5 Å². The van der Waals surface area contributed by atoms with Crippen molar-refractivity contribution in [1.29, 1.82) is 0 Å². The van der Waals surface area contributed by atoms with Crippen LogP contribution in [0.3, 0.4) is 0 Å². The van der Waals surface area contributed by atoms with Crippen molar-refractivity contribution in [3.8, 4) is 0 Å². The maximum atomic E-state index is 12.8. The Hall–Kier alpha value is -2.93. The number of carbonyl (C=O) groups excluding carboxylic acids is 3. The zero-order valence-corrected chi connectivity index (χ0v) is 20.2. The van der Waals surface area contributed by atoms with Crippen LogP contribution in [0.2, 0.25) is 0 Å². The van der Waals surface area contributed by atoms with E-state index in [1.807, 2.05) is 30.3 Å². The van der Waals surface area contributed by atoms with Gasteiger partial charge >= 0.3 is 5.97 Å². The van der Waals surface area contributed by atoms with Crippen molar-refractivity contribution in [3.05, 3.63) is 61.2 Å². The lowest BCUT2D eigenvalue weighted by atomic mass is 9.96. The number of allylic oxidation sites excluding steroid dienone is 2. The molecule has 2 rings (SSSR count). The average molecular weight is 471 g/mol. The molecule has 1 aliphatic heterocycles. The van der Waals surface area contributed by atoms with Gasteiger partial charge in [-0.1, -0.05) is 42.5 Å². The lowest BCUT2D eigenvalue weighted by Crippen LogP contribution is -2.43. The summed E-state index contributed by atoms with van der Waals surface area (Å²) in [6, 6.07) is 9.16. The summed E-state index contributed by atoms with van der Waals surface area (Å²) in [7, 11) is 0. The van der Waals surface area contributed by atoms with Crippen molar-refractivity contribution in [1.82, 2.24) is 10.2 Å². The SMILES string of the molecule is C=CC[C@@H](CC(=O)N1CCC[C@H]1CO)C(=O)N[C@@H](C)COC(=O)[C@@H](CC=C)Cc1ccccc1. The van der Waals surface area contributed by atoms with Gasteiger partial charge in [-0.05, 0) is 44.6 Å². The van der Waals surface area contributed by atoms with Gasteiger partial charge in [-0.2, -0.15) is 0 Å². The summed E-state index contributed by atoms with van der Waals surface area (Å²) in [6.45, 7) is 9.79. The summed E-state index contributed by atoms with van der Waals surface area (Å²) in [4.78, 5) is 39.9. The number of hydrogen-bond acceptors (Lipinski definition) is 5. The zero-order chi connectivity index (χ0) is 24.9. The highest BCUT2D eigenvalue weighted by Crippen LogP contribution is 2.21. The Bertz CT molecular complexity index is 826. The minimum absolute atomic E-state index is 0.0421. The molecule has 2 N–H and O–H groups in total. The highest BCUT2D eigenvalue weighted by atomic mass is 16.5. The minimum atomic E-state index is -0.560. The number of hydrogen-bond donors (Lipinski definition) is 2. The van der Waals surface area contributed by atoms with Gasteiger partial charge in [0.25, 0.3) is 0 Å².